The highest BCUT2D eigenvalue weighted by atomic mass is 32.1. The second-order valence-electron chi connectivity index (χ2n) is 19.2. The summed E-state index contributed by atoms with van der Waals surface area (Å²) in [7, 11) is 0. The molecule has 9 heteroatoms. The van der Waals surface area contributed by atoms with Crippen LogP contribution in [0.1, 0.15) is 132 Å². The Bertz CT molecular complexity index is 1530. The molecule has 0 spiro atoms. The summed E-state index contributed by atoms with van der Waals surface area (Å²) in [6.45, 7) is 20.7. The predicted molar refractivity (Wildman–Crippen MR) is 195 cm³/mol. The van der Waals surface area contributed by atoms with Gasteiger partial charge in [0.25, 0.3) is 0 Å². The van der Waals surface area contributed by atoms with Gasteiger partial charge in [0.05, 0.1) is 29.1 Å². The molecule has 9 unspecified atom stereocenters. The number of esters is 1. The number of nitrogens with one attached hydrogen (secondary N) is 1. The molecule has 1 aromatic heterocycles. The fourth-order valence-electron chi connectivity index (χ4n) is 12.8. The van der Waals surface area contributed by atoms with Gasteiger partial charge in [-0.3, -0.25) is 14.4 Å². The first kappa shape index (κ1) is 37.7. The molecule has 0 saturated heterocycles. The van der Waals surface area contributed by atoms with Crippen molar-refractivity contribution in [1.82, 2.24) is 10.3 Å². The number of hydrogen-bond acceptors (Lipinski definition) is 8. The standard InChI is InChI=1S/C41H62N2O6S/c1-24(2)33-27(44)18-41(30(45)21-42-20-25-22-50-23-43-25)17-16-39(8)26(34(33)41)10-11-29-38(7)14-13-31(49-32(46)19-36(3,4)35(47)48)37(5,6)28(38)12-15-40(29,39)9/h22-24,26,28-31,42,45H,10-21H2,1-9H3,(H,47,48). The molecule has 1 heterocycles. The van der Waals surface area contributed by atoms with Crippen molar-refractivity contribution in [2.24, 2.45) is 56.2 Å². The van der Waals surface area contributed by atoms with E-state index in [1.165, 1.54) is 5.57 Å². The largest absolute Gasteiger partial charge is 0.481 e. The molecule has 0 amide bonds. The van der Waals surface area contributed by atoms with Crippen LogP contribution < -0.4 is 5.32 Å². The van der Waals surface area contributed by atoms with Gasteiger partial charge in [0.2, 0.25) is 0 Å². The van der Waals surface area contributed by atoms with E-state index in [1.54, 1.807) is 25.2 Å². The summed E-state index contributed by atoms with van der Waals surface area (Å²) in [5.74, 6) is 0.0829. The molecule has 0 bridgehead atoms. The van der Waals surface area contributed by atoms with Gasteiger partial charge in [0.15, 0.2) is 5.78 Å². The lowest BCUT2D eigenvalue weighted by Gasteiger charge is -2.72. The number of carboxylic acids is 1. The van der Waals surface area contributed by atoms with E-state index in [1.807, 2.05) is 10.9 Å². The summed E-state index contributed by atoms with van der Waals surface area (Å²) >= 11 is 1.57. The second-order valence-corrected chi connectivity index (χ2v) is 19.9. The third-order valence-corrected chi connectivity index (χ3v) is 16.3. The zero-order valence-electron chi connectivity index (χ0n) is 32.0. The number of carbonyl (C=O) groups is 3. The minimum atomic E-state index is -1.16. The first-order chi connectivity index (χ1) is 23.2. The first-order valence-corrected chi connectivity index (χ1v) is 20.2. The number of fused-ring (bicyclic) bond motifs is 7. The van der Waals surface area contributed by atoms with Crippen molar-refractivity contribution < 1.29 is 29.3 Å². The molecule has 5 aliphatic rings. The van der Waals surface area contributed by atoms with Crippen molar-refractivity contribution in [2.75, 3.05) is 6.54 Å². The Morgan fingerprint density at radius 2 is 1.74 bits per heavy atom. The maximum absolute atomic E-state index is 14.0. The number of thiazole rings is 1. The highest BCUT2D eigenvalue weighted by Crippen LogP contribution is 2.77. The first-order valence-electron chi connectivity index (χ1n) is 19.2. The lowest BCUT2D eigenvalue weighted by atomic mass is 9.33. The number of hydrogen-bond donors (Lipinski definition) is 3. The Balaban J connectivity index is 1.27. The summed E-state index contributed by atoms with van der Waals surface area (Å²) in [5, 5.41) is 27.1. The van der Waals surface area contributed by atoms with E-state index in [4.69, 9.17) is 4.74 Å². The van der Waals surface area contributed by atoms with Crippen LogP contribution in [0.2, 0.25) is 0 Å². The van der Waals surface area contributed by atoms with Crippen LogP contribution in [0.15, 0.2) is 22.0 Å². The number of Topliss-reactive ketones (excluding diaryl/α,β-unsaturated/α-hetero) is 1. The Hall–Kier alpha value is -2.10. The monoisotopic (exact) mass is 710 g/mol. The van der Waals surface area contributed by atoms with Gasteiger partial charge in [-0.05, 0) is 111 Å². The highest BCUT2D eigenvalue weighted by Gasteiger charge is 2.70. The number of ether oxygens (including phenoxy) is 1. The molecule has 1 aromatic rings. The van der Waals surface area contributed by atoms with Gasteiger partial charge in [0.1, 0.15) is 6.10 Å². The molecule has 0 aliphatic heterocycles. The number of ketones is 1. The maximum Gasteiger partial charge on any atom is 0.309 e. The molecule has 0 radical (unpaired) electrons. The van der Waals surface area contributed by atoms with Crippen LogP contribution >= 0.6 is 11.3 Å². The molecule has 9 atom stereocenters. The number of aromatic nitrogens is 1. The van der Waals surface area contributed by atoms with Gasteiger partial charge in [-0.15, -0.1) is 11.3 Å². The average Bonchev–Trinajstić information content (AvgIpc) is 3.64. The van der Waals surface area contributed by atoms with Crippen molar-refractivity contribution in [2.45, 2.75) is 145 Å². The minimum absolute atomic E-state index is 0.00287. The lowest BCUT2D eigenvalue weighted by Crippen LogP contribution is -2.66. The number of aliphatic hydroxyl groups is 1. The average molecular weight is 711 g/mol. The minimum Gasteiger partial charge on any atom is -0.481 e. The van der Waals surface area contributed by atoms with Gasteiger partial charge in [-0.25, -0.2) is 4.98 Å². The molecular weight excluding hydrogens is 649 g/mol. The number of aliphatic carboxylic acids is 1. The zero-order valence-corrected chi connectivity index (χ0v) is 32.8. The predicted octanol–water partition coefficient (Wildman–Crippen LogP) is 7.99. The Morgan fingerprint density at radius 3 is 2.38 bits per heavy atom. The third-order valence-electron chi connectivity index (χ3n) is 15.6. The van der Waals surface area contributed by atoms with Crippen molar-refractivity contribution in [1.29, 1.82) is 0 Å². The van der Waals surface area contributed by atoms with Crippen LogP contribution in [0.5, 0.6) is 0 Å². The Labute approximate surface area is 303 Å². The maximum atomic E-state index is 14.0. The van der Waals surface area contributed by atoms with Gasteiger partial charge < -0.3 is 20.3 Å². The molecule has 5 aliphatic carbocycles. The van der Waals surface area contributed by atoms with E-state index in [0.717, 1.165) is 62.6 Å². The Morgan fingerprint density at radius 1 is 1.02 bits per heavy atom. The van der Waals surface area contributed by atoms with Crippen LogP contribution in [0, 0.1) is 56.2 Å². The van der Waals surface area contributed by atoms with Crippen molar-refractivity contribution in [3.63, 3.8) is 0 Å². The summed E-state index contributed by atoms with van der Waals surface area (Å²) in [6, 6.07) is 0. The van der Waals surface area contributed by atoms with Gasteiger partial charge >= 0.3 is 11.9 Å². The SMILES string of the molecule is CC(C)C1=C2C3CCC4C5(C)CCC(OC(=O)CC(C)(C)C(=O)O)C(C)(C)C5CCC4(C)C3(C)CCC2(C(O)CNCc2cscn2)CC1=O. The van der Waals surface area contributed by atoms with Crippen LogP contribution in [-0.2, 0) is 25.7 Å². The Kier molecular flexibility index (Phi) is 9.63. The van der Waals surface area contributed by atoms with Crippen LogP contribution in [0.4, 0.5) is 0 Å². The number of rotatable bonds is 10. The normalized spacial score (nSPS) is 38.6. The number of aliphatic hydroxyl groups excluding tert-OH is 1. The lowest BCUT2D eigenvalue weighted by molar-refractivity contribution is -0.235. The third kappa shape index (κ3) is 5.66. The van der Waals surface area contributed by atoms with E-state index >= 15 is 0 Å². The molecule has 4 saturated carbocycles. The molecule has 3 N–H and O–H groups in total. The number of carbonyl (C=O) groups excluding carboxylic acids is 2. The summed E-state index contributed by atoms with van der Waals surface area (Å²) in [4.78, 5) is 43.1. The molecule has 50 heavy (non-hydrogen) atoms. The van der Waals surface area contributed by atoms with Crippen LogP contribution in [0.25, 0.3) is 0 Å². The number of nitrogens with zero attached hydrogens (tertiary/aromatic N) is 1. The van der Waals surface area contributed by atoms with Crippen molar-refractivity contribution >= 4 is 29.1 Å². The topological polar surface area (TPSA) is 126 Å². The van der Waals surface area contributed by atoms with E-state index in [-0.39, 0.29) is 51.8 Å². The number of carboxylic acid groups (broad SMARTS) is 1. The summed E-state index contributed by atoms with van der Waals surface area (Å²) in [5.41, 5.74) is 3.31. The summed E-state index contributed by atoms with van der Waals surface area (Å²) in [6.07, 6.45) is 7.26. The van der Waals surface area contributed by atoms with Crippen LogP contribution in [-0.4, -0.2) is 51.7 Å². The quantitative estimate of drug-likeness (QED) is 0.209. The fraction of sp³-hybridized carbons (Fsp3) is 0.805. The molecular formula is C41H62N2O6S. The van der Waals surface area contributed by atoms with Gasteiger partial charge in [0, 0.05) is 35.7 Å². The molecule has 4 fully saturated rings. The fourth-order valence-corrected chi connectivity index (χ4v) is 13.3. The number of allylic oxidation sites excluding steroid dienone is 1. The van der Waals surface area contributed by atoms with Gasteiger partial charge in [-0.1, -0.05) is 54.0 Å². The van der Waals surface area contributed by atoms with E-state index in [2.05, 4.69) is 58.8 Å². The van der Waals surface area contributed by atoms with E-state index in [0.29, 0.717) is 31.3 Å². The molecule has 6 rings (SSSR count). The second kappa shape index (κ2) is 12.8. The molecule has 8 nitrogen and oxygen atoms in total. The van der Waals surface area contributed by atoms with E-state index in [9.17, 15) is 24.6 Å². The van der Waals surface area contributed by atoms with Gasteiger partial charge in [-0.2, -0.15) is 0 Å². The molecule has 0 aromatic carbocycles. The smallest absolute Gasteiger partial charge is 0.309 e. The van der Waals surface area contributed by atoms with Crippen LogP contribution in [0.3, 0.4) is 0 Å². The van der Waals surface area contributed by atoms with Crippen molar-refractivity contribution in [3.8, 4) is 0 Å². The van der Waals surface area contributed by atoms with E-state index < -0.39 is 28.9 Å². The molecule has 278 valence electrons. The summed E-state index contributed by atoms with van der Waals surface area (Å²) < 4.78 is 6.16. The zero-order chi connectivity index (χ0) is 36.7. The van der Waals surface area contributed by atoms with Crippen molar-refractivity contribution in [3.05, 3.63) is 27.7 Å². The highest BCUT2D eigenvalue weighted by molar-refractivity contribution is 7.07.